The molecule has 1 heterocycles. The molecule has 0 spiro atoms. The van der Waals surface area contributed by atoms with Crippen LogP contribution in [0, 0.1) is 5.92 Å². The third-order valence-corrected chi connectivity index (χ3v) is 5.19. The summed E-state index contributed by atoms with van der Waals surface area (Å²) in [4.78, 5) is 0. The van der Waals surface area contributed by atoms with Gasteiger partial charge < -0.3 is 4.57 Å². The summed E-state index contributed by atoms with van der Waals surface area (Å²) >= 11 is 0. The smallest absolute Gasteiger partial charge is 0.0523 e. The van der Waals surface area contributed by atoms with Gasteiger partial charge in [-0.1, -0.05) is 30.4 Å². The zero-order chi connectivity index (χ0) is 14.2. The summed E-state index contributed by atoms with van der Waals surface area (Å²) in [5.74, 6) is 0.564. The van der Waals surface area contributed by atoms with E-state index in [9.17, 15) is 0 Å². The van der Waals surface area contributed by atoms with Crippen molar-refractivity contribution in [2.45, 2.75) is 44.6 Å². The molecule has 3 aliphatic rings. The standard InChI is InChI=1S/C20H23N/c1-2-15-11-13-16(14-12-15)21-19-9-5-3-7-17(19)18-8-4-6-10-20(18)21/h2,5-6,9-11,13,15-16H,1,3-4,7-8,12,14H2. The quantitative estimate of drug-likeness (QED) is 0.663. The maximum atomic E-state index is 3.93. The average molecular weight is 277 g/mol. The van der Waals surface area contributed by atoms with Gasteiger partial charge in [0.25, 0.3) is 0 Å². The monoisotopic (exact) mass is 277 g/mol. The SMILES string of the molecule is C=CC1C=CC(n2c3c(c4c2C=CCC4)CCC=C3)CC1. The van der Waals surface area contributed by atoms with Gasteiger partial charge in [0.2, 0.25) is 0 Å². The van der Waals surface area contributed by atoms with Crippen LogP contribution in [-0.2, 0) is 12.8 Å². The molecule has 4 rings (SSSR count). The van der Waals surface area contributed by atoms with E-state index >= 15 is 0 Å². The predicted octanol–water partition coefficient (Wildman–Crippen LogP) is 5.10. The zero-order valence-electron chi connectivity index (χ0n) is 12.6. The van der Waals surface area contributed by atoms with Gasteiger partial charge in [0, 0.05) is 11.4 Å². The van der Waals surface area contributed by atoms with Crippen molar-refractivity contribution in [3.63, 3.8) is 0 Å². The van der Waals surface area contributed by atoms with Crippen molar-refractivity contribution in [2.75, 3.05) is 0 Å². The van der Waals surface area contributed by atoms with Gasteiger partial charge in [-0.3, -0.25) is 0 Å². The van der Waals surface area contributed by atoms with Gasteiger partial charge in [-0.15, -0.1) is 6.58 Å². The minimum absolute atomic E-state index is 0.518. The molecule has 1 nitrogen and oxygen atoms in total. The largest absolute Gasteiger partial charge is 0.334 e. The van der Waals surface area contributed by atoms with Crippen LogP contribution in [0.1, 0.15) is 54.2 Å². The van der Waals surface area contributed by atoms with Crippen LogP contribution < -0.4 is 0 Å². The van der Waals surface area contributed by atoms with Crippen LogP contribution in [0.3, 0.4) is 0 Å². The van der Waals surface area contributed by atoms with E-state index in [1.807, 2.05) is 0 Å². The van der Waals surface area contributed by atoms with Crippen LogP contribution in [0.2, 0.25) is 0 Å². The summed E-state index contributed by atoms with van der Waals surface area (Å²) in [6.07, 6.45) is 23.5. The van der Waals surface area contributed by atoms with E-state index in [2.05, 4.69) is 53.7 Å². The molecule has 0 saturated carbocycles. The van der Waals surface area contributed by atoms with Gasteiger partial charge in [0.15, 0.2) is 0 Å². The van der Waals surface area contributed by atoms with E-state index in [1.54, 1.807) is 11.1 Å². The van der Waals surface area contributed by atoms with Gasteiger partial charge in [-0.2, -0.15) is 0 Å². The first-order valence-corrected chi connectivity index (χ1v) is 8.28. The van der Waals surface area contributed by atoms with Gasteiger partial charge in [-0.25, -0.2) is 0 Å². The summed E-state index contributed by atoms with van der Waals surface area (Å²) in [5, 5.41) is 0. The molecule has 0 aromatic carbocycles. The van der Waals surface area contributed by atoms with Crippen LogP contribution in [0.4, 0.5) is 0 Å². The summed E-state index contributed by atoms with van der Waals surface area (Å²) in [6.45, 7) is 3.93. The molecule has 2 atom stereocenters. The number of fused-ring (bicyclic) bond motifs is 3. The lowest BCUT2D eigenvalue weighted by atomic mass is 9.92. The number of aromatic nitrogens is 1. The first-order chi connectivity index (χ1) is 10.4. The Balaban J connectivity index is 1.83. The third-order valence-electron chi connectivity index (χ3n) is 5.19. The molecule has 1 heteroatoms. The van der Waals surface area contributed by atoms with Gasteiger partial charge in [0.05, 0.1) is 6.04 Å². The van der Waals surface area contributed by atoms with Crippen LogP contribution in [0.25, 0.3) is 12.2 Å². The van der Waals surface area contributed by atoms with E-state index in [1.165, 1.54) is 49.9 Å². The highest BCUT2D eigenvalue weighted by Gasteiger charge is 2.26. The van der Waals surface area contributed by atoms with Crippen molar-refractivity contribution in [3.05, 3.63) is 59.5 Å². The van der Waals surface area contributed by atoms with Crippen LogP contribution in [-0.4, -0.2) is 4.57 Å². The minimum atomic E-state index is 0.518. The third kappa shape index (κ3) is 2.07. The summed E-state index contributed by atoms with van der Waals surface area (Å²) in [6, 6.07) is 0.518. The van der Waals surface area contributed by atoms with Gasteiger partial charge in [-0.05, 0) is 67.7 Å². The number of rotatable bonds is 2. The molecule has 108 valence electrons. The lowest BCUT2D eigenvalue weighted by Crippen LogP contribution is -2.15. The normalized spacial score (nSPS) is 26.5. The number of hydrogen-bond donors (Lipinski definition) is 0. The number of hydrogen-bond acceptors (Lipinski definition) is 0. The fraction of sp³-hybridized carbons (Fsp3) is 0.400. The van der Waals surface area contributed by atoms with Crippen molar-refractivity contribution < 1.29 is 0 Å². The molecule has 2 unspecified atom stereocenters. The fourth-order valence-corrected chi connectivity index (χ4v) is 4.09. The minimum Gasteiger partial charge on any atom is -0.334 e. The molecule has 0 fully saturated rings. The Bertz CT molecular complexity index is 614. The Morgan fingerprint density at radius 3 is 2.14 bits per heavy atom. The molecule has 0 saturated heterocycles. The summed E-state index contributed by atoms with van der Waals surface area (Å²) < 4.78 is 2.60. The lowest BCUT2D eigenvalue weighted by Gasteiger charge is -2.26. The highest BCUT2D eigenvalue weighted by atomic mass is 15.0. The van der Waals surface area contributed by atoms with Crippen LogP contribution in [0.5, 0.6) is 0 Å². The van der Waals surface area contributed by atoms with E-state index in [0.717, 1.165) is 0 Å². The van der Waals surface area contributed by atoms with Gasteiger partial charge >= 0.3 is 0 Å². The maximum absolute atomic E-state index is 3.93. The van der Waals surface area contributed by atoms with E-state index < -0.39 is 0 Å². The molecule has 1 aromatic heterocycles. The van der Waals surface area contributed by atoms with Crippen molar-refractivity contribution in [3.8, 4) is 0 Å². The maximum Gasteiger partial charge on any atom is 0.0523 e. The molecular weight excluding hydrogens is 254 g/mol. The highest BCUT2D eigenvalue weighted by Crippen LogP contribution is 2.38. The second-order valence-electron chi connectivity index (χ2n) is 6.41. The van der Waals surface area contributed by atoms with Crippen molar-refractivity contribution in [1.82, 2.24) is 4.57 Å². The number of nitrogens with zero attached hydrogens (tertiary/aromatic N) is 1. The number of allylic oxidation sites excluding steroid dienone is 5. The van der Waals surface area contributed by atoms with Crippen LogP contribution >= 0.6 is 0 Å². The first kappa shape index (κ1) is 12.9. The molecule has 0 N–H and O–H groups in total. The van der Waals surface area contributed by atoms with Crippen molar-refractivity contribution in [1.29, 1.82) is 0 Å². The summed E-state index contributed by atoms with van der Waals surface area (Å²) in [7, 11) is 0. The molecule has 0 amide bonds. The average Bonchev–Trinajstić information content (AvgIpc) is 2.90. The predicted molar refractivity (Wildman–Crippen MR) is 90.2 cm³/mol. The molecule has 0 radical (unpaired) electrons. The Kier molecular flexibility index (Phi) is 3.21. The van der Waals surface area contributed by atoms with Crippen molar-refractivity contribution >= 4 is 12.2 Å². The Hall–Kier alpha value is -1.76. The highest BCUT2D eigenvalue weighted by molar-refractivity contribution is 5.66. The second kappa shape index (κ2) is 5.22. The first-order valence-electron chi connectivity index (χ1n) is 8.28. The molecule has 3 aliphatic carbocycles. The molecule has 1 aromatic rings. The van der Waals surface area contributed by atoms with E-state index in [0.29, 0.717) is 12.0 Å². The topological polar surface area (TPSA) is 4.93 Å². The Morgan fingerprint density at radius 1 is 0.952 bits per heavy atom. The van der Waals surface area contributed by atoms with E-state index in [4.69, 9.17) is 0 Å². The lowest BCUT2D eigenvalue weighted by molar-refractivity contribution is 0.479. The Morgan fingerprint density at radius 2 is 1.62 bits per heavy atom. The molecule has 0 aliphatic heterocycles. The second-order valence-corrected chi connectivity index (χ2v) is 6.41. The Labute approximate surface area is 127 Å². The molecular formula is C20H23N. The van der Waals surface area contributed by atoms with Crippen molar-refractivity contribution in [2.24, 2.45) is 5.92 Å². The zero-order valence-corrected chi connectivity index (χ0v) is 12.6. The molecule has 0 bridgehead atoms. The van der Waals surface area contributed by atoms with Gasteiger partial charge in [0.1, 0.15) is 0 Å². The summed E-state index contributed by atoms with van der Waals surface area (Å²) in [5.41, 5.74) is 6.20. The van der Waals surface area contributed by atoms with Crippen LogP contribution in [0.15, 0.2) is 37.0 Å². The molecule has 21 heavy (non-hydrogen) atoms. The van der Waals surface area contributed by atoms with E-state index in [-0.39, 0.29) is 0 Å². The fourth-order valence-electron chi connectivity index (χ4n) is 4.09.